The van der Waals surface area contributed by atoms with Crippen molar-refractivity contribution in [2.45, 2.75) is 13.8 Å². The van der Waals surface area contributed by atoms with E-state index in [1.807, 2.05) is 0 Å². The molecule has 14 heavy (non-hydrogen) atoms. The average Bonchev–Trinajstić information content (AvgIpc) is 2.64. The first kappa shape index (κ1) is 9.01. The fourth-order valence-corrected chi connectivity index (χ4v) is 1.71. The molecule has 0 aliphatic heterocycles. The molecule has 1 aromatic rings. The van der Waals surface area contributed by atoms with E-state index in [0.717, 1.165) is 0 Å². The van der Waals surface area contributed by atoms with Crippen LogP contribution >= 0.6 is 0 Å². The highest BCUT2D eigenvalue weighted by Gasteiger charge is 1.99. The van der Waals surface area contributed by atoms with Crippen LogP contribution in [0.15, 0.2) is 48.1 Å². The summed E-state index contributed by atoms with van der Waals surface area (Å²) in [7, 11) is 0. The van der Waals surface area contributed by atoms with Crippen LogP contribution in [-0.2, 0) is 0 Å². The largest absolute Gasteiger partial charge is 0.0617 e. The van der Waals surface area contributed by atoms with Crippen LogP contribution in [0.5, 0.6) is 0 Å². The molecule has 0 fully saturated rings. The lowest BCUT2D eigenvalue weighted by Gasteiger charge is -2.04. The first-order chi connectivity index (χ1) is 6.77. The number of hydrogen-bond acceptors (Lipinski definition) is 0. The van der Waals surface area contributed by atoms with Gasteiger partial charge in [-0.25, -0.2) is 0 Å². The molecule has 1 aliphatic rings. The Morgan fingerprint density at radius 2 is 1.50 bits per heavy atom. The molecule has 1 aromatic carbocycles. The maximum absolute atomic E-state index is 2.24. The summed E-state index contributed by atoms with van der Waals surface area (Å²) >= 11 is 0. The van der Waals surface area contributed by atoms with Crippen LogP contribution in [0.25, 0.3) is 6.08 Å². The van der Waals surface area contributed by atoms with Gasteiger partial charge in [-0.15, -0.1) is 0 Å². The first-order valence-corrected chi connectivity index (χ1v) is 4.90. The van der Waals surface area contributed by atoms with Crippen molar-refractivity contribution in [3.63, 3.8) is 0 Å². The number of hydrogen-bond donors (Lipinski definition) is 0. The van der Waals surface area contributed by atoms with Gasteiger partial charge >= 0.3 is 0 Å². The van der Waals surface area contributed by atoms with E-state index in [4.69, 9.17) is 0 Å². The molecule has 0 saturated carbocycles. The van der Waals surface area contributed by atoms with E-state index in [-0.39, 0.29) is 0 Å². The molecule has 0 heteroatoms. The summed E-state index contributed by atoms with van der Waals surface area (Å²) in [5, 5.41) is 0. The van der Waals surface area contributed by atoms with E-state index in [2.05, 4.69) is 62.4 Å². The molecule has 0 radical (unpaired) electrons. The molecule has 0 N–H and O–H groups in total. The number of aryl methyl sites for hydroxylation is 2. The van der Waals surface area contributed by atoms with E-state index < -0.39 is 0 Å². The van der Waals surface area contributed by atoms with Crippen molar-refractivity contribution in [1.29, 1.82) is 0 Å². The number of allylic oxidation sites excluding steroid dienone is 5. The smallest absolute Gasteiger partial charge is 0.0192 e. The molecule has 0 saturated heterocycles. The molecular formula is C14H14. The molecule has 70 valence electrons. The fourth-order valence-electron chi connectivity index (χ4n) is 1.71. The van der Waals surface area contributed by atoms with E-state index in [1.54, 1.807) is 0 Å². The summed E-state index contributed by atoms with van der Waals surface area (Å²) in [5.41, 5.74) is 5.30. The topological polar surface area (TPSA) is 0 Å². The van der Waals surface area contributed by atoms with Crippen LogP contribution in [0.4, 0.5) is 0 Å². The summed E-state index contributed by atoms with van der Waals surface area (Å²) < 4.78 is 0. The van der Waals surface area contributed by atoms with Crippen LogP contribution in [0.1, 0.15) is 16.7 Å². The molecular weight excluding hydrogens is 168 g/mol. The zero-order chi connectivity index (χ0) is 9.97. The van der Waals surface area contributed by atoms with Crippen LogP contribution in [0, 0.1) is 13.8 Å². The third kappa shape index (κ3) is 1.69. The normalized spacial score (nSPS) is 13.7. The van der Waals surface area contributed by atoms with Gasteiger partial charge in [-0.3, -0.25) is 0 Å². The molecule has 0 amide bonds. The first-order valence-electron chi connectivity index (χ1n) is 4.90. The number of benzene rings is 1. The van der Waals surface area contributed by atoms with Crippen LogP contribution in [-0.4, -0.2) is 0 Å². The highest BCUT2D eigenvalue weighted by molar-refractivity contribution is 5.66. The van der Waals surface area contributed by atoms with E-state index >= 15 is 0 Å². The van der Waals surface area contributed by atoms with E-state index in [9.17, 15) is 0 Å². The summed E-state index contributed by atoms with van der Waals surface area (Å²) in [6.07, 6.45) is 10.6. The fraction of sp³-hybridized carbons (Fsp3) is 0.143. The molecule has 0 aromatic heterocycles. The highest BCUT2D eigenvalue weighted by Crippen LogP contribution is 2.19. The molecule has 0 bridgehead atoms. The Bertz CT molecular complexity index is 397. The van der Waals surface area contributed by atoms with Gasteiger partial charge in [-0.2, -0.15) is 0 Å². The van der Waals surface area contributed by atoms with Crippen molar-refractivity contribution in [3.8, 4) is 0 Å². The van der Waals surface area contributed by atoms with Crippen LogP contribution in [0.2, 0.25) is 0 Å². The van der Waals surface area contributed by atoms with Gasteiger partial charge in [0.15, 0.2) is 0 Å². The monoisotopic (exact) mass is 182 g/mol. The third-order valence-corrected chi connectivity index (χ3v) is 2.54. The van der Waals surface area contributed by atoms with Crippen molar-refractivity contribution >= 4 is 6.08 Å². The van der Waals surface area contributed by atoms with Gasteiger partial charge < -0.3 is 0 Å². The minimum atomic E-state index is 1.28. The van der Waals surface area contributed by atoms with Crippen molar-refractivity contribution < 1.29 is 0 Å². The Balaban J connectivity index is 2.46. The summed E-state index contributed by atoms with van der Waals surface area (Å²) in [6, 6.07) is 6.41. The van der Waals surface area contributed by atoms with Crippen molar-refractivity contribution in [3.05, 3.63) is 64.8 Å². The quantitative estimate of drug-likeness (QED) is 0.619. The zero-order valence-corrected chi connectivity index (χ0v) is 8.62. The molecule has 0 nitrogen and oxygen atoms in total. The van der Waals surface area contributed by atoms with Crippen LogP contribution in [0.3, 0.4) is 0 Å². The SMILES string of the molecule is Cc1cccc(C)c1C=C1C=CC=C1. The summed E-state index contributed by atoms with van der Waals surface area (Å²) in [4.78, 5) is 0. The highest BCUT2D eigenvalue weighted by atomic mass is 14.0. The maximum atomic E-state index is 2.24. The third-order valence-electron chi connectivity index (χ3n) is 2.54. The van der Waals surface area contributed by atoms with Gasteiger partial charge in [-0.05, 0) is 42.2 Å². The second-order valence-electron chi connectivity index (χ2n) is 3.67. The molecule has 0 atom stereocenters. The van der Waals surface area contributed by atoms with Crippen molar-refractivity contribution in [2.24, 2.45) is 0 Å². The van der Waals surface area contributed by atoms with Crippen molar-refractivity contribution in [1.82, 2.24) is 0 Å². The van der Waals surface area contributed by atoms with Gasteiger partial charge in [0, 0.05) is 0 Å². The van der Waals surface area contributed by atoms with Crippen molar-refractivity contribution in [2.75, 3.05) is 0 Å². The Morgan fingerprint density at radius 3 is 2.07 bits per heavy atom. The molecule has 2 rings (SSSR count). The minimum Gasteiger partial charge on any atom is -0.0617 e. The van der Waals surface area contributed by atoms with Gasteiger partial charge in [0.2, 0.25) is 0 Å². The number of rotatable bonds is 1. The van der Waals surface area contributed by atoms with Gasteiger partial charge in [0.25, 0.3) is 0 Å². The molecule has 0 spiro atoms. The average molecular weight is 182 g/mol. The Morgan fingerprint density at radius 1 is 0.929 bits per heavy atom. The summed E-state index contributed by atoms with van der Waals surface area (Å²) in [5.74, 6) is 0. The Hall–Kier alpha value is -1.56. The molecule has 0 unspecified atom stereocenters. The second-order valence-corrected chi connectivity index (χ2v) is 3.67. The molecule has 1 aliphatic carbocycles. The minimum absolute atomic E-state index is 1.28. The standard InChI is InChI=1S/C14H14/c1-11-6-5-7-12(2)14(11)10-13-8-3-4-9-13/h3-10H,1-2H3. The van der Waals surface area contributed by atoms with E-state index in [0.29, 0.717) is 0 Å². The second kappa shape index (κ2) is 3.67. The Labute approximate surface area is 85.3 Å². The molecule has 0 heterocycles. The lowest BCUT2D eigenvalue weighted by Crippen LogP contribution is -1.85. The summed E-state index contributed by atoms with van der Waals surface area (Å²) in [6.45, 7) is 4.31. The predicted molar refractivity (Wildman–Crippen MR) is 62.2 cm³/mol. The van der Waals surface area contributed by atoms with Gasteiger partial charge in [-0.1, -0.05) is 42.5 Å². The zero-order valence-electron chi connectivity index (χ0n) is 8.62. The van der Waals surface area contributed by atoms with Gasteiger partial charge in [0.1, 0.15) is 0 Å². The van der Waals surface area contributed by atoms with E-state index in [1.165, 1.54) is 22.3 Å². The maximum Gasteiger partial charge on any atom is -0.0192 e. The lowest BCUT2D eigenvalue weighted by atomic mass is 10.0. The van der Waals surface area contributed by atoms with Crippen LogP contribution < -0.4 is 0 Å². The Kier molecular flexibility index (Phi) is 2.36. The lowest BCUT2D eigenvalue weighted by molar-refractivity contribution is 1.35. The predicted octanol–water partition coefficient (Wildman–Crippen LogP) is 3.81. The van der Waals surface area contributed by atoms with Gasteiger partial charge in [0.05, 0.1) is 0 Å².